The average molecular weight is 302 g/mol. The zero-order valence-corrected chi connectivity index (χ0v) is 14.2. The molecule has 0 aliphatic rings. The lowest BCUT2D eigenvalue weighted by molar-refractivity contribution is 0.193. The third kappa shape index (κ3) is 4.76. The van der Waals surface area contributed by atoms with E-state index in [1.54, 1.807) is 7.11 Å². The predicted molar refractivity (Wildman–Crippen MR) is 84.5 cm³/mol. The number of nitrogens with one attached hydrogen (secondary N) is 1. The van der Waals surface area contributed by atoms with Gasteiger partial charge in [-0.3, -0.25) is 4.68 Å². The van der Waals surface area contributed by atoms with Crippen LogP contribution in [0.4, 0.5) is 0 Å². The molecule has 0 saturated carbocycles. The Balaban J connectivity index is 2.72. The van der Waals surface area contributed by atoms with Crippen molar-refractivity contribution in [3.05, 3.63) is 16.4 Å². The van der Waals surface area contributed by atoms with Crippen molar-refractivity contribution in [3.8, 4) is 0 Å². The molecule has 0 aromatic carbocycles. The summed E-state index contributed by atoms with van der Waals surface area (Å²) in [6.07, 6.45) is 1.80. The second-order valence-corrected chi connectivity index (χ2v) is 6.27. The minimum Gasteiger partial charge on any atom is -0.383 e. The molecule has 1 heterocycles. The van der Waals surface area contributed by atoms with E-state index in [2.05, 4.69) is 38.1 Å². The Morgan fingerprint density at radius 1 is 1.35 bits per heavy atom. The van der Waals surface area contributed by atoms with E-state index in [1.165, 1.54) is 0 Å². The Morgan fingerprint density at radius 3 is 2.60 bits per heavy atom. The first-order chi connectivity index (χ1) is 9.45. The van der Waals surface area contributed by atoms with Crippen LogP contribution in [0, 0.1) is 5.41 Å². The van der Waals surface area contributed by atoms with Crippen molar-refractivity contribution >= 4 is 11.6 Å². The molecule has 4 nitrogen and oxygen atoms in total. The van der Waals surface area contributed by atoms with Crippen molar-refractivity contribution in [1.29, 1.82) is 0 Å². The highest BCUT2D eigenvalue weighted by atomic mass is 35.5. The summed E-state index contributed by atoms with van der Waals surface area (Å²) in [4.78, 5) is 0. The second kappa shape index (κ2) is 8.01. The standard InChI is InChI=1S/C15H28ClN3O/c1-6-12-14(16)13(19(7-2)18-12)10-15(3,4)11-17-8-9-20-5/h17H,6-11H2,1-5H3. The quantitative estimate of drug-likeness (QED) is 0.713. The largest absolute Gasteiger partial charge is 0.383 e. The summed E-state index contributed by atoms with van der Waals surface area (Å²) in [6, 6.07) is 0. The molecule has 1 N–H and O–H groups in total. The van der Waals surface area contributed by atoms with Gasteiger partial charge >= 0.3 is 0 Å². The van der Waals surface area contributed by atoms with Crippen molar-refractivity contribution in [1.82, 2.24) is 15.1 Å². The third-order valence-corrected chi connectivity index (χ3v) is 3.86. The number of hydrogen-bond acceptors (Lipinski definition) is 3. The Hall–Kier alpha value is -0.580. The molecule has 0 spiro atoms. The van der Waals surface area contributed by atoms with E-state index < -0.39 is 0 Å². The molecular weight excluding hydrogens is 274 g/mol. The number of hydrogen-bond donors (Lipinski definition) is 1. The van der Waals surface area contributed by atoms with E-state index in [4.69, 9.17) is 16.3 Å². The summed E-state index contributed by atoms with van der Waals surface area (Å²) in [7, 11) is 1.72. The van der Waals surface area contributed by atoms with Crippen molar-refractivity contribution in [2.45, 2.75) is 47.1 Å². The van der Waals surface area contributed by atoms with Gasteiger partial charge in [0.1, 0.15) is 0 Å². The van der Waals surface area contributed by atoms with Crippen LogP contribution in [0.25, 0.3) is 0 Å². The van der Waals surface area contributed by atoms with E-state index >= 15 is 0 Å². The maximum atomic E-state index is 6.47. The molecule has 116 valence electrons. The fourth-order valence-electron chi connectivity index (χ4n) is 2.30. The Bertz CT molecular complexity index is 415. The van der Waals surface area contributed by atoms with Crippen molar-refractivity contribution in [2.75, 3.05) is 26.8 Å². The van der Waals surface area contributed by atoms with Crippen LogP contribution in [0.1, 0.15) is 39.1 Å². The van der Waals surface area contributed by atoms with Gasteiger partial charge in [0.15, 0.2) is 0 Å². The van der Waals surface area contributed by atoms with E-state index in [0.29, 0.717) is 0 Å². The first-order valence-corrected chi connectivity index (χ1v) is 7.76. The number of rotatable bonds is 9. The minimum atomic E-state index is 0.134. The lowest BCUT2D eigenvalue weighted by Crippen LogP contribution is -2.33. The highest BCUT2D eigenvalue weighted by Gasteiger charge is 2.24. The molecular formula is C15H28ClN3O. The topological polar surface area (TPSA) is 39.1 Å². The molecule has 0 atom stereocenters. The molecule has 1 aromatic rings. The van der Waals surface area contributed by atoms with Gasteiger partial charge in [0.05, 0.1) is 23.0 Å². The number of nitrogens with zero attached hydrogens (tertiary/aromatic N) is 2. The van der Waals surface area contributed by atoms with Gasteiger partial charge in [-0.05, 0) is 25.2 Å². The molecule has 1 aromatic heterocycles. The number of aromatic nitrogens is 2. The molecule has 5 heteroatoms. The van der Waals surface area contributed by atoms with E-state index in [1.807, 2.05) is 4.68 Å². The van der Waals surface area contributed by atoms with Crippen LogP contribution in [-0.2, 0) is 24.1 Å². The summed E-state index contributed by atoms with van der Waals surface area (Å²) >= 11 is 6.47. The van der Waals surface area contributed by atoms with E-state index in [9.17, 15) is 0 Å². The molecule has 20 heavy (non-hydrogen) atoms. The number of ether oxygens (including phenoxy) is 1. The normalized spacial score (nSPS) is 12.1. The Morgan fingerprint density at radius 2 is 2.05 bits per heavy atom. The summed E-state index contributed by atoms with van der Waals surface area (Å²) in [5.74, 6) is 0. The molecule has 0 saturated heterocycles. The van der Waals surface area contributed by atoms with Gasteiger partial charge in [-0.2, -0.15) is 5.10 Å². The summed E-state index contributed by atoms with van der Waals surface area (Å²) in [6.45, 7) is 12.1. The van der Waals surface area contributed by atoms with Gasteiger partial charge in [-0.1, -0.05) is 32.4 Å². The van der Waals surface area contributed by atoms with Crippen LogP contribution in [0.3, 0.4) is 0 Å². The van der Waals surface area contributed by atoms with Gasteiger partial charge < -0.3 is 10.1 Å². The number of aryl methyl sites for hydroxylation is 2. The molecule has 1 rings (SSSR count). The predicted octanol–water partition coefficient (Wildman–Crippen LogP) is 2.92. The Labute approximate surface area is 127 Å². The molecule has 0 aliphatic heterocycles. The Kier molecular flexibility index (Phi) is 7.00. The maximum absolute atomic E-state index is 6.47. The minimum absolute atomic E-state index is 0.134. The first-order valence-electron chi connectivity index (χ1n) is 7.38. The monoisotopic (exact) mass is 301 g/mol. The SMILES string of the molecule is CCc1nn(CC)c(CC(C)(C)CNCCOC)c1Cl. The smallest absolute Gasteiger partial charge is 0.0850 e. The van der Waals surface area contributed by atoms with Crippen molar-refractivity contribution < 1.29 is 4.74 Å². The van der Waals surface area contributed by atoms with Gasteiger partial charge in [-0.25, -0.2) is 0 Å². The van der Waals surface area contributed by atoms with Gasteiger partial charge in [0.2, 0.25) is 0 Å². The van der Waals surface area contributed by atoms with Crippen LogP contribution < -0.4 is 5.32 Å². The summed E-state index contributed by atoms with van der Waals surface area (Å²) in [5.41, 5.74) is 2.30. The van der Waals surface area contributed by atoms with Crippen LogP contribution in [-0.4, -0.2) is 36.6 Å². The van der Waals surface area contributed by atoms with Gasteiger partial charge in [0, 0.05) is 26.7 Å². The maximum Gasteiger partial charge on any atom is 0.0850 e. The highest BCUT2D eigenvalue weighted by Crippen LogP contribution is 2.28. The zero-order chi connectivity index (χ0) is 15.2. The fraction of sp³-hybridized carbons (Fsp3) is 0.800. The number of methoxy groups -OCH3 is 1. The molecule has 0 unspecified atom stereocenters. The summed E-state index contributed by atoms with van der Waals surface area (Å²) in [5, 5.41) is 8.86. The molecule has 0 amide bonds. The summed E-state index contributed by atoms with van der Waals surface area (Å²) < 4.78 is 7.09. The molecule has 0 aliphatic carbocycles. The molecule has 0 bridgehead atoms. The second-order valence-electron chi connectivity index (χ2n) is 5.89. The fourth-order valence-corrected chi connectivity index (χ4v) is 2.64. The lowest BCUT2D eigenvalue weighted by Gasteiger charge is -2.25. The van der Waals surface area contributed by atoms with Gasteiger partial charge in [-0.15, -0.1) is 0 Å². The van der Waals surface area contributed by atoms with E-state index in [-0.39, 0.29) is 5.41 Å². The van der Waals surface area contributed by atoms with Crippen LogP contribution in [0.15, 0.2) is 0 Å². The number of halogens is 1. The molecule has 0 fully saturated rings. The molecule has 0 radical (unpaired) electrons. The zero-order valence-electron chi connectivity index (χ0n) is 13.4. The van der Waals surface area contributed by atoms with Crippen molar-refractivity contribution in [3.63, 3.8) is 0 Å². The van der Waals surface area contributed by atoms with Crippen LogP contribution in [0.5, 0.6) is 0 Å². The first kappa shape index (κ1) is 17.5. The van der Waals surface area contributed by atoms with E-state index in [0.717, 1.165) is 55.5 Å². The highest BCUT2D eigenvalue weighted by molar-refractivity contribution is 6.31. The van der Waals surface area contributed by atoms with Crippen LogP contribution in [0.2, 0.25) is 5.02 Å². The third-order valence-electron chi connectivity index (χ3n) is 3.43. The van der Waals surface area contributed by atoms with Crippen molar-refractivity contribution in [2.24, 2.45) is 5.41 Å². The average Bonchev–Trinajstić information content (AvgIpc) is 2.71. The lowest BCUT2D eigenvalue weighted by atomic mass is 9.87. The van der Waals surface area contributed by atoms with Gasteiger partial charge in [0.25, 0.3) is 0 Å². The van der Waals surface area contributed by atoms with Crippen LogP contribution >= 0.6 is 11.6 Å².